The number of nitrogens with one attached hydrogen (secondary N) is 1. The number of carbonyl (C=O) groups is 1. The number of hydrogen-bond donors (Lipinski definition) is 1. The lowest BCUT2D eigenvalue weighted by Crippen LogP contribution is -2.20. The van der Waals surface area contributed by atoms with E-state index in [-0.39, 0.29) is 12.5 Å². The number of nitrogens with zero attached hydrogens (tertiary/aromatic N) is 3. The Labute approximate surface area is 192 Å². The van der Waals surface area contributed by atoms with Crippen LogP contribution in [0, 0.1) is 0 Å². The van der Waals surface area contributed by atoms with Gasteiger partial charge in [0.2, 0.25) is 5.91 Å². The quantitative estimate of drug-likeness (QED) is 0.395. The summed E-state index contributed by atoms with van der Waals surface area (Å²) in [6.45, 7) is 0.629. The number of amides is 1. The number of benzene rings is 3. The minimum Gasteiger partial charge on any atom is -0.493 e. The molecule has 0 saturated carbocycles. The average molecular weight is 441 g/mol. The molecule has 0 saturated heterocycles. The van der Waals surface area contributed by atoms with Crippen molar-refractivity contribution in [3.63, 3.8) is 0 Å². The highest BCUT2D eigenvalue weighted by Gasteiger charge is 2.09. The van der Waals surface area contributed by atoms with Crippen LogP contribution < -0.4 is 14.8 Å². The highest BCUT2D eigenvalue weighted by Crippen LogP contribution is 2.28. The van der Waals surface area contributed by atoms with E-state index in [0.717, 1.165) is 16.8 Å². The first-order valence-corrected chi connectivity index (χ1v) is 10.5. The van der Waals surface area contributed by atoms with E-state index in [0.29, 0.717) is 23.7 Å². The summed E-state index contributed by atoms with van der Waals surface area (Å²) in [6, 6.07) is 25.0. The molecule has 7 heteroatoms. The molecule has 33 heavy (non-hydrogen) atoms. The van der Waals surface area contributed by atoms with Crippen molar-refractivity contribution in [1.82, 2.24) is 20.3 Å². The first-order valence-electron chi connectivity index (χ1n) is 10.5. The van der Waals surface area contributed by atoms with Gasteiger partial charge in [-0.25, -0.2) is 4.68 Å². The van der Waals surface area contributed by atoms with Crippen LogP contribution in [0.4, 0.5) is 0 Å². The van der Waals surface area contributed by atoms with Crippen molar-refractivity contribution in [3.8, 4) is 17.2 Å². The molecule has 0 aliphatic heterocycles. The number of para-hydroxylation sites is 1. The van der Waals surface area contributed by atoms with Crippen LogP contribution in [0.5, 0.6) is 11.5 Å². The van der Waals surface area contributed by atoms with E-state index in [4.69, 9.17) is 9.47 Å². The van der Waals surface area contributed by atoms with E-state index >= 15 is 0 Å². The van der Waals surface area contributed by atoms with E-state index in [1.807, 2.05) is 85.1 Å². The highest BCUT2D eigenvalue weighted by molar-refractivity contribution is 5.91. The number of rotatable bonds is 9. The monoisotopic (exact) mass is 440 g/mol. The van der Waals surface area contributed by atoms with Gasteiger partial charge < -0.3 is 14.8 Å². The van der Waals surface area contributed by atoms with Gasteiger partial charge >= 0.3 is 0 Å². The summed E-state index contributed by atoms with van der Waals surface area (Å²) < 4.78 is 13.1. The lowest BCUT2D eigenvalue weighted by Gasteiger charge is -2.11. The number of aromatic nitrogens is 3. The molecule has 0 atom stereocenters. The number of methoxy groups -OCH3 is 1. The lowest BCUT2D eigenvalue weighted by atomic mass is 10.2. The van der Waals surface area contributed by atoms with E-state index in [1.54, 1.807) is 17.9 Å². The van der Waals surface area contributed by atoms with Crippen molar-refractivity contribution >= 4 is 12.0 Å². The second-order valence-corrected chi connectivity index (χ2v) is 7.23. The van der Waals surface area contributed by atoms with E-state index in [9.17, 15) is 4.79 Å². The molecule has 0 fully saturated rings. The van der Waals surface area contributed by atoms with Crippen LogP contribution in [0.2, 0.25) is 0 Å². The first-order chi connectivity index (χ1) is 16.2. The summed E-state index contributed by atoms with van der Waals surface area (Å²) in [5.74, 6) is 1.00. The minimum absolute atomic E-state index is 0.167. The minimum atomic E-state index is -0.167. The van der Waals surface area contributed by atoms with E-state index in [1.165, 1.54) is 6.08 Å². The van der Waals surface area contributed by atoms with E-state index in [2.05, 4.69) is 15.6 Å². The van der Waals surface area contributed by atoms with Gasteiger partial charge in [-0.2, -0.15) is 0 Å². The third-order valence-electron chi connectivity index (χ3n) is 4.86. The Morgan fingerprint density at radius 3 is 2.52 bits per heavy atom. The third-order valence-corrected chi connectivity index (χ3v) is 4.86. The topological polar surface area (TPSA) is 78.3 Å². The lowest BCUT2D eigenvalue weighted by molar-refractivity contribution is -0.116. The zero-order valence-corrected chi connectivity index (χ0v) is 18.2. The fraction of sp³-hybridized carbons (Fsp3) is 0.115. The molecule has 0 aliphatic carbocycles. The summed E-state index contributed by atoms with van der Waals surface area (Å²) in [7, 11) is 1.58. The predicted octanol–water partition coefficient (Wildman–Crippen LogP) is 4.18. The molecule has 0 radical (unpaired) electrons. The maximum Gasteiger partial charge on any atom is 0.244 e. The maximum atomic E-state index is 12.1. The van der Waals surface area contributed by atoms with Gasteiger partial charge in [0.05, 0.1) is 19.0 Å². The van der Waals surface area contributed by atoms with Crippen LogP contribution in [0.25, 0.3) is 11.8 Å². The Kier molecular flexibility index (Phi) is 7.12. The molecule has 4 rings (SSSR count). The number of carbonyl (C=O) groups excluding carboxylic acids is 1. The number of ether oxygens (including phenoxy) is 2. The smallest absolute Gasteiger partial charge is 0.244 e. The third kappa shape index (κ3) is 6.07. The van der Waals surface area contributed by atoms with Crippen molar-refractivity contribution in [1.29, 1.82) is 0 Å². The first kappa shape index (κ1) is 21.8. The largest absolute Gasteiger partial charge is 0.493 e. The fourth-order valence-corrected chi connectivity index (χ4v) is 3.15. The molecule has 0 bridgehead atoms. The Morgan fingerprint density at radius 1 is 1.00 bits per heavy atom. The van der Waals surface area contributed by atoms with Crippen LogP contribution in [0.1, 0.15) is 16.8 Å². The number of hydrogen-bond acceptors (Lipinski definition) is 5. The Balaban J connectivity index is 1.33. The van der Waals surface area contributed by atoms with Crippen molar-refractivity contribution in [2.75, 3.05) is 7.11 Å². The standard InChI is InChI=1S/C26H24N4O3/c1-32-25-16-21(17-27-26(31)15-13-20-8-4-2-5-9-20)12-14-24(25)33-19-22-18-30(29-28-22)23-10-6-3-7-11-23/h2-16,18H,17,19H2,1H3,(H,27,31)/b15-13+. The van der Waals surface area contributed by atoms with Crippen LogP contribution in [-0.4, -0.2) is 28.0 Å². The molecule has 1 heterocycles. The molecule has 1 aromatic heterocycles. The van der Waals surface area contributed by atoms with Gasteiger partial charge in [-0.3, -0.25) is 4.79 Å². The maximum absolute atomic E-state index is 12.1. The van der Waals surface area contributed by atoms with Crippen molar-refractivity contribution < 1.29 is 14.3 Å². The van der Waals surface area contributed by atoms with Crippen LogP contribution >= 0.6 is 0 Å². The van der Waals surface area contributed by atoms with E-state index < -0.39 is 0 Å². The normalized spacial score (nSPS) is 10.8. The Morgan fingerprint density at radius 2 is 1.76 bits per heavy atom. The van der Waals surface area contributed by atoms with Crippen LogP contribution in [0.3, 0.4) is 0 Å². The van der Waals surface area contributed by atoms with Gasteiger partial charge in [0, 0.05) is 12.6 Å². The van der Waals surface area contributed by atoms with Gasteiger partial charge in [0.15, 0.2) is 11.5 Å². The van der Waals surface area contributed by atoms with Crippen LogP contribution in [0.15, 0.2) is 91.1 Å². The Bertz CT molecular complexity index is 1220. The molecule has 0 unspecified atom stereocenters. The molecule has 1 N–H and O–H groups in total. The SMILES string of the molecule is COc1cc(CNC(=O)/C=C/c2ccccc2)ccc1OCc1cn(-c2ccccc2)nn1. The highest BCUT2D eigenvalue weighted by atomic mass is 16.5. The molecule has 0 aliphatic rings. The van der Waals surface area contributed by atoms with Gasteiger partial charge in [-0.05, 0) is 41.5 Å². The van der Waals surface area contributed by atoms with Crippen molar-refractivity contribution in [2.24, 2.45) is 0 Å². The summed E-state index contributed by atoms with van der Waals surface area (Å²) >= 11 is 0. The predicted molar refractivity (Wildman–Crippen MR) is 126 cm³/mol. The van der Waals surface area contributed by atoms with Gasteiger partial charge in [-0.15, -0.1) is 5.10 Å². The van der Waals surface area contributed by atoms with Crippen molar-refractivity contribution in [2.45, 2.75) is 13.2 Å². The summed E-state index contributed by atoms with van der Waals surface area (Å²) in [5.41, 5.74) is 3.50. The second-order valence-electron chi connectivity index (χ2n) is 7.23. The average Bonchev–Trinajstić information content (AvgIpc) is 3.35. The molecule has 1 amide bonds. The molecule has 166 valence electrons. The molecular weight excluding hydrogens is 416 g/mol. The second kappa shape index (κ2) is 10.8. The van der Waals surface area contributed by atoms with Gasteiger partial charge in [-0.1, -0.05) is 59.8 Å². The summed E-state index contributed by atoms with van der Waals surface area (Å²) in [4.78, 5) is 12.1. The zero-order chi connectivity index (χ0) is 22.9. The zero-order valence-electron chi connectivity index (χ0n) is 18.2. The molecule has 0 spiro atoms. The molecule has 3 aromatic carbocycles. The Hall–Kier alpha value is -4.39. The van der Waals surface area contributed by atoms with Gasteiger partial charge in [0.1, 0.15) is 12.3 Å². The summed E-state index contributed by atoms with van der Waals surface area (Å²) in [6.07, 6.45) is 5.13. The fourth-order valence-electron chi connectivity index (χ4n) is 3.15. The molecule has 4 aromatic rings. The van der Waals surface area contributed by atoms with Gasteiger partial charge in [0.25, 0.3) is 0 Å². The van der Waals surface area contributed by atoms with Crippen LogP contribution in [-0.2, 0) is 17.9 Å². The molecular formula is C26H24N4O3. The molecule has 7 nitrogen and oxygen atoms in total. The summed E-state index contributed by atoms with van der Waals surface area (Å²) in [5, 5.41) is 11.2. The van der Waals surface area contributed by atoms with Crippen molar-refractivity contribution in [3.05, 3.63) is 108 Å².